The van der Waals surface area contributed by atoms with Crippen LogP contribution in [0.5, 0.6) is 11.5 Å². The fourth-order valence-corrected chi connectivity index (χ4v) is 5.08. The largest absolute Gasteiger partial charge is 0.493 e. The number of nitrogens with zero attached hydrogens (tertiary/aromatic N) is 1. The predicted octanol–water partition coefficient (Wildman–Crippen LogP) is 5.05. The van der Waals surface area contributed by atoms with Gasteiger partial charge in [-0.2, -0.15) is 0 Å². The maximum Gasteiger partial charge on any atom is 0.263 e. The molecular formula is C25H27ClN2O5S. The van der Waals surface area contributed by atoms with Crippen LogP contribution in [0, 0.1) is 13.8 Å². The molecule has 0 aliphatic rings. The second-order valence-electron chi connectivity index (χ2n) is 7.92. The van der Waals surface area contributed by atoms with E-state index in [1.54, 1.807) is 39.5 Å². The van der Waals surface area contributed by atoms with E-state index in [-0.39, 0.29) is 27.9 Å². The first-order valence-corrected chi connectivity index (χ1v) is 12.3. The van der Waals surface area contributed by atoms with Crippen molar-refractivity contribution in [2.45, 2.75) is 25.3 Å². The van der Waals surface area contributed by atoms with E-state index < -0.39 is 10.0 Å². The average molecular weight is 503 g/mol. The molecule has 0 spiro atoms. The van der Waals surface area contributed by atoms with Gasteiger partial charge in [0, 0.05) is 19.2 Å². The molecule has 1 N–H and O–H groups in total. The smallest absolute Gasteiger partial charge is 0.263 e. The number of nitrogens with one attached hydrogen (secondary N) is 1. The third kappa shape index (κ3) is 5.63. The molecule has 180 valence electrons. The standard InChI is InChI=1S/C25H27ClN2O5S/c1-16-6-7-17(2)21(12-16)27-34(30,31)24-14-19(9-10-20(24)26)25(29)28(3)15-18-8-11-22(32-4)23(13-18)33-5/h6-14,27H,15H2,1-5H3. The highest BCUT2D eigenvalue weighted by Crippen LogP contribution is 2.29. The Morgan fingerprint density at radius 3 is 2.35 bits per heavy atom. The predicted molar refractivity (Wildman–Crippen MR) is 134 cm³/mol. The van der Waals surface area contributed by atoms with Gasteiger partial charge >= 0.3 is 0 Å². The summed E-state index contributed by atoms with van der Waals surface area (Å²) in [4.78, 5) is 14.4. The third-order valence-electron chi connectivity index (χ3n) is 5.32. The van der Waals surface area contributed by atoms with Gasteiger partial charge in [-0.1, -0.05) is 29.8 Å². The third-order valence-corrected chi connectivity index (χ3v) is 7.17. The second kappa shape index (κ2) is 10.4. The summed E-state index contributed by atoms with van der Waals surface area (Å²) >= 11 is 6.22. The Balaban J connectivity index is 1.86. The molecular weight excluding hydrogens is 476 g/mol. The number of anilines is 1. The van der Waals surface area contributed by atoms with Gasteiger partial charge in [-0.05, 0) is 66.9 Å². The SMILES string of the molecule is COc1ccc(CN(C)C(=O)c2ccc(Cl)c(S(=O)(=O)Nc3cc(C)ccc3C)c2)cc1OC. The lowest BCUT2D eigenvalue weighted by Gasteiger charge is -2.19. The summed E-state index contributed by atoms with van der Waals surface area (Å²) < 4.78 is 39.4. The Labute approximate surface area is 205 Å². The summed E-state index contributed by atoms with van der Waals surface area (Å²) in [5.74, 6) is 0.789. The summed E-state index contributed by atoms with van der Waals surface area (Å²) in [6, 6.07) is 15.1. The van der Waals surface area contributed by atoms with E-state index in [9.17, 15) is 13.2 Å². The summed E-state index contributed by atoms with van der Waals surface area (Å²) in [5, 5.41) is 0.0249. The van der Waals surface area contributed by atoms with E-state index in [2.05, 4.69) is 4.72 Å². The van der Waals surface area contributed by atoms with E-state index in [1.807, 2.05) is 32.0 Å². The van der Waals surface area contributed by atoms with E-state index >= 15 is 0 Å². The fraction of sp³-hybridized carbons (Fsp3) is 0.240. The number of ether oxygens (including phenoxy) is 2. The minimum absolute atomic E-state index is 0.0249. The number of hydrogen-bond donors (Lipinski definition) is 1. The van der Waals surface area contributed by atoms with Crippen LogP contribution >= 0.6 is 11.6 Å². The van der Waals surface area contributed by atoms with E-state index in [1.165, 1.54) is 23.1 Å². The lowest BCUT2D eigenvalue weighted by Crippen LogP contribution is -2.26. The van der Waals surface area contributed by atoms with Crippen LogP contribution in [-0.4, -0.2) is 40.5 Å². The van der Waals surface area contributed by atoms with Crippen LogP contribution in [0.4, 0.5) is 5.69 Å². The molecule has 0 fully saturated rings. The molecule has 0 atom stereocenters. The van der Waals surface area contributed by atoms with E-state index in [0.717, 1.165) is 16.7 Å². The number of halogens is 1. The molecule has 0 aromatic heterocycles. The molecule has 7 nitrogen and oxygen atoms in total. The highest BCUT2D eigenvalue weighted by Gasteiger charge is 2.22. The molecule has 0 saturated carbocycles. The van der Waals surface area contributed by atoms with Crippen molar-refractivity contribution in [3.63, 3.8) is 0 Å². The first kappa shape index (κ1) is 25.4. The number of amides is 1. The Morgan fingerprint density at radius 2 is 1.68 bits per heavy atom. The minimum atomic E-state index is -4.02. The van der Waals surface area contributed by atoms with Crippen molar-refractivity contribution in [2.75, 3.05) is 26.0 Å². The molecule has 3 rings (SSSR count). The van der Waals surface area contributed by atoms with Crippen LogP contribution in [0.3, 0.4) is 0 Å². The zero-order chi connectivity index (χ0) is 25.0. The van der Waals surface area contributed by atoms with Gasteiger partial charge in [0.2, 0.25) is 0 Å². The van der Waals surface area contributed by atoms with Gasteiger partial charge in [0.1, 0.15) is 4.90 Å². The van der Waals surface area contributed by atoms with Crippen molar-refractivity contribution < 1.29 is 22.7 Å². The number of hydrogen-bond acceptors (Lipinski definition) is 5. The summed E-state index contributed by atoms with van der Waals surface area (Å²) in [5.41, 5.74) is 3.17. The number of sulfonamides is 1. The summed E-state index contributed by atoms with van der Waals surface area (Å²) in [7, 11) is 0.702. The van der Waals surface area contributed by atoms with Crippen LogP contribution < -0.4 is 14.2 Å². The number of rotatable bonds is 8. The van der Waals surface area contributed by atoms with Crippen molar-refractivity contribution in [3.8, 4) is 11.5 Å². The second-order valence-corrected chi connectivity index (χ2v) is 9.98. The molecule has 34 heavy (non-hydrogen) atoms. The molecule has 0 saturated heterocycles. The maximum absolute atomic E-state index is 13.1. The van der Waals surface area contributed by atoms with Crippen molar-refractivity contribution in [3.05, 3.63) is 81.9 Å². The molecule has 0 radical (unpaired) electrons. The Hall–Kier alpha value is -3.23. The molecule has 0 unspecified atom stereocenters. The number of carbonyl (C=O) groups excluding carboxylic acids is 1. The molecule has 0 aliphatic heterocycles. The normalized spacial score (nSPS) is 11.1. The highest BCUT2D eigenvalue weighted by atomic mass is 35.5. The molecule has 0 aliphatic carbocycles. The lowest BCUT2D eigenvalue weighted by molar-refractivity contribution is 0.0784. The molecule has 3 aromatic carbocycles. The zero-order valence-electron chi connectivity index (χ0n) is 19.7. The molecule has 9 heteroatoms. The Bertz CT molecular complexity index is 1320. The van der Waals surface area contributed by atoms with Crippen molar-refractivity contribution >= 4 is 33.2 Å². The Kier molecular flexibility index (Phi) is 7.74. The summed E-state index contributed by atoms with van der Waals surface area (Å²) in [6.07, 6.45) is 0. The van der Waals surface area contributed by atoms with Crippen LogP contribution in [0.15, 0.2) is 59.5 Å². The highest BCUT2D eigenvalue weighted by molar-refractivity contribution is 7.92. The van der Waals surface area contributed by atoms with Crippen molar-refractivity contribution in [1.29, 1.82) is 0 Å². The van der Waals surface area contributed by atoms with Gasteiger partial charge in [0.05, 0.1) is 24.9 Å². The number of benzene rings is 3. The monoisotopic (exact) mass is 502 g/mol. The van der Waals surface area contributed by atoms with E-state index in [4.69, 9.17) is 21.1 Å². The quantitative estimate of drug-likeness (QED) is 0.466. The zero-order valence-corrected chi connectivity index (χ0v) is 21.3. The number of carbonyl (C=O) groups is 1. The fourth-order valence-electron chi connectivity index (χ4n) is 3.43. The first-order chi connectivity index (χ1) is 16.1. The van der Waals surface area contributed by atoms with Crippen molar-refractivity contribution in [1.82, 2.24) is 4.90 Å². The van der Waals surface area contributed by atoms with Crippen LogP contribution in [0.25, 0.3) is 0 Å². The van der Waals surface area contributed by atoms with Gasteiger partial charge in [-0.3, -0.25) is 9.52 Å². The molecule has 1 amide bonds. The van der Waals surface area contributed by atoms with Crippen LogP contribution in [0.1, 0.15) is 27.0 Å². The maximum atomic E-state index is 13.1. The molecule has 0 bridgehead atoms. The summed E-state index contributed by atoms with van der Waals surface area (Å²) in [6.45, 7) is 3.96. The number of aryl methyl sites for hydroxylation is 2. The molecule has 0 heterocycles. The van der Waals surface area contributed by atoms with Gasteiger partial charge < -0.3 is 14.4 Å². The number of methoxy groups -OCH3 is 2. The average Bonchev–Trinajstić information content (AvgIpc) is 2.80. The van der Waals surface area contributed by atoms with Crippen molar-refractivity contribution in [2.24, 2.45) is 0 Å². The van der Waals surface area contributed by atoms with Crippen LogP contribution in [-0.2, 0) is 16.6 Å². The van der Waals surface area contributed by atoms with Gasteiger partial charge in [0.15, 0.2) is 11.5 Å². The Morgan fingerprint density at radius 1 is 0.971 bits per heavy atom. The topological polar surface area (TPSA) is 84.9 Å². The lowest BCUT2D eigenvalue weighted by atomic mass is 10.1. The van der Waals surface area contributed by atoms with E-state index in [0.29, 0.717) is 17.2 Å². The first-order valence-electron chi connectivity index (χ1n) is 10.4. The van der Waals surface area contributed by atoms with Gasteiger partial charge in [0.25, 0.3) is 15.9 Å². The molecule has 3 aromatic rings. The van der Waals surface area contributed by atoms with Crippen LogP contribution in [0.2, 0.25) is 5.02 Å². The minimum Gasteiger partial charge on any atom is -0.493 e. The van der Waals surface area contributed by atoms with Gasteiger partial charge in [-0.15, -0.1) is 0 Å². The van der Waals surface area contributed by atoms with Gasteiger partial charge in [-0.25, -0.2) is 8.42 Å².